The maximum absolute atomic E-state index is 11.5. The summed E-state index contributed by atoms with van der Waals surface area (Å²) in [7, 11) is 1.60. The fourth-order valence-electron chi connectivity index (χ4n) is 1.83. The molecule has 0 spiro atoms. The lowest BCUT2D eigenvalue weighted by molar-refractivity contribution is -0.132. The number of imide groups is 2. The van der Waals surface area contributed by atoms with Crippen molar-refractivity contribution in [2.24, 2.45) is 10.9 Å². The van der Waals surface area contributed by atoms with Crippen LogP contribution in [-0.2, 0) is 16.0 Å². The number of nitrogens with zero attached hydrogens (tertiary/aromatic N) is 1. The smallest absolute Gasteiger partial charge is 0.328 e. The fraction of sp³-hybridized carbons (Fsp3) is 0.286. The minimum atomic E-state index is -1.06. The highest BCUT2D eigenvalue weighted by Crippen LogP contribution is 2.11. The second-order valence-corrected chi connectivity index (χ2v) is 4.44. The Morgan fingerprint density at radius 1 is 1.14 bits per heavy atom. The largest absolute Gasteiger partial charge is 0.497 e. The SMILES string of the molecule is COc1ccc(CCN=CC2C(=O)NC(=O)NC2=O)cc1. The molecule has 21 heavy (non-hydrogen) atoms. The van der Waals surface area contributed by atoms with E-state index in [9.17, 15) is 14.4 Å². The summed E-state index contributed by atoms with van der Waals surface area (Å²) in [6, 6.07) is 6.76. The second kappa shape index (κ2) is 6.65. The van der Waals surface area contributed by atoms with Gasteiger partial charge in [0, 0.05) is 12.8 Å². The Morgan fingerprint density at radius 3 is 2.33 bits per heavy atom. The summed E-state index contributed by atoms with van der Waals surface area (Å²) in [4.78, 5) is 37.9. The number of methoxy groups -OCH3 is 1. The average Bonchev–Trinajstić information content (AvgIpc) is 2.46. The maximum Gasteiger partial charge on any atom is 0.328 e. The molecule has 0 saturated carbocycles. The van der Waals surface area contributed by atoms with Crippen LogP contribution in [0.25, 0.3) is 0 Å². The first-order chi connectivity index (χ1) is 10.1. The van der Waals surface area contributed by atoms with E-state index < -0.39 is 23.8 Å². The maximum atomic E-state index is 11.5. The number of ether oxygens (including phenoxy) is 1. The molecule has 1 aromatic rings. The molecule has 110 valence electrons. The van der Waals surface area contributed by atoms with Crippen LogP contribution in [0.2, 0.25) is 0 Å². The Labute approximate surface area is 121 Å². The van der Waals surface area contributed by atoms with Gasteiger partial charge in [-0.25, -0.2) is 4.79 Å². The monoisotopic (exact) mass is 289 g/mol. The molecule has 1 saturated heterocycles. The van der Waals surface area contributed by atoms with Crippen LogP contribution in [0, 0.1) is 5.92 Å². The van der Waals surface area contributed by atoms with Crippen molar-refractivity contribution in [3.8, 4) is 5.75 Å². The third-order valence-corrected chi connectivity index (χ3v) is 2.98. The molecule has 1 fully saturated rings. The quantitative estimate of drug-likeness (QED) is 0.601. The highest BCUT2D eigenvalue weighted by atomic mass is 16.5. The minimum absolute atomic E-state index is 0.442. The minimum Gasteiger partial charge on any atom is -0.497 e. The Hall–Kier alpha value is -2.70. The van der Waals surface area contributed by atoms with E-state index in [-0.39, 0.29) is 0 Å². The summed E-state index contributed by atoms with van der Waals surface area (Å²) >= 11 is 0. The van der Waals surface area contributed by atoms with E-state index in [1.54, 1.807) is 7.11 Å². The van der Waals surface area contributed by atoms with Gasteiger partial charge < -0.3 is 4.74 Å². The van der Waals surface area contributed by atoms with Crippen molar-refractivity contribution in [3.63, 3.8) is 0 Å². The molecule has 4 amide bonds. The number of barbiturate groups is 1. The average molecular weight is 289 g/mol. The lowest BCUT2D eigenvalue weighted by atomic mass is 10.1. The highest BCUT2D eigenvalue weighted by Gasteiger charge is 2.32. The Bertz CT molecular complexity index is 560. The van der Waals surface area contributed by atoms with E-state index >= 15 is 0 Å². The van der Waals surface area contributed by atoms with Crippen molar-refractivity contribution in [1.29, 1.82) is 0 Å². The summed E-state index contributed by atoms with van der Waals surface area (Å²) in [5.74, 6) is -1.59. The zero-order valence-corrected chi connectivity index (χ0v) is 11.5. The molecule has 1 aliphatic heterocycles. The van der Waals surface area contributed by atoms with Crippen molar-refractivity contribution < 1.29 is 19.1 Å². The van der Waals surface area contributed by atoms with Crippen LogP contribution in [-0.4, -0.2) is 37.7 Å². The molecule has 0 aromatic heterocycles. The molecule has 0 aliphatic carbocycles. The van der Waals surface area contributed by atoms with E-state index in [0.29, 0.717) is 13.0 Å². The Morgan fingerprint density at radius 2 is 1.76 bits per heavy atom. The number of aliphatic imine (C=N–C) groups is 1. The van der Waals surface area contributed by atoms with Crippen molar-refractivity contribution in [3.05, 3.63) is 29.8 Å². The molecule has 0 unspecified atom stereocenters. The molecule has 1 aliphatic rings. The molecule has 1 heterocycles. The number of benzene rings is 1. The van der Waals surface area contributed by atoms with E-state index in [1.807, 2.05) is 34.9 Å². The van der Waals surface area contributed by atoms with Crippen molar-refractivity contribution in [1.82, 2.24) is 10.6 Å². The van der Waals surface area contributed by atoms with Crippen molar-refractivity contribution in [2.45, 2.75) is 6.42 Å². The molecular weight excluding hydrogens is 274 g/mol. The van der Waals surface area contributed by atoms with Crippen LogP contribution in [0.4, 0.5) is 4.79 Å². The lowest BCUT2D eigenvalue weighted by Gasteiger charge is -2.16. The highest BCUT2D eigenvalue weighted by molar-refractivity contribution is 6.23. The van der Waals surface area contributed by atoms with Crippen LogP contribution in [0.3, 0.4) is 0 Å². The number of hydrogen-bond acceptors (Lipinski definition) is 5. The molecule has 0 bridgehead atoms. The van der Waals surface area contributed by atoms with Crippen molar-refractivity contribution in [2.75, 3.05) is 13.7 Å². The van der Waals surface area contributed by atoms with E-state index in [1.165, 1.54) is 6.21 Å². The normalized spacial score (nSPS) is 16.0. The van der Waals surface area contributed by atoms with Gasteiger partial charge in [-0.05, 0) is 24.1 Å². The molecule has 2 rings (SSSR count). The number of hydrogen-bond donors (Lipinski definition) is 2. The molecule has 1 aromatic carbocycles. The first-order valence-electron chi connectivity index (χ1n) is 6.38. The van der Waals surface area contributed by atoms with Gasteiger partial charge in [0.2, 0.25) is 11.8 Å². The zero-order valence-electron chi connectivity index (χ0n) is 11.5. The van der Waals surface area contributed by atoms with Gasteiger partial charge in [-0.3, -0.25) is 25.2 Å². The molecule has 2 N–H and O–H groups in total. The van der Waals surface area contributed by atoms with Crippen LogP contribution >= 0.6 is 0 Å². The zero-order chi connectivity index (χ0) is 15.2. The first-order valence-corrected chi connectivity index (χ1v) is 6.38. The summed E-state index contributed by atoms with van der Waals surface area (Å²) in [6.45, 7) is 0.442. The third kappa shape index (κ3) is 3.88. The molecule has 0 atom stereocenters. The Balaban J connectivity index is 1.85. The van der Waals surface area contributed by atoms with Gasteiger partial charge in [0.05, 0.1) is 7.11 Å². The van der Waals surface area contributed by atoms with Gasteiger partial charge in [0.25, 0.3) is 0 Å². The molecule has 0 radical (unpaired) electrons. The standard InChI is InChI=1S/C14H15N3O4/c1-21-10-4-2-9(3-5-10)6-7-15-8-11-12(18)16-14(20)17-13(11)19/h2-5,8,11H,6-7H2,1H3,(H2,16,17,18,19,20). The third-order valence-electron chi connectivity index (χ3n) is 2.98. The number of urea groups is 1. The number of carbonyl (C=O) groups is 3. The number of rotatable bonds is 5. The predicted octanol–water partition coefficient (Wildman–Crippen LogP) is 0.291. The van der Waals surface area contributed by atoms with E-state index in [2.05, 4.69) is 4.99 Å². The number of amides is 4. The van der Waals surface area contributed by atoms with Gasteiger partial charge >= 0.3 is 6.03 Å². The topological polar surface area (TPSA) is 96.9 Å². The van der Waals surface area contributed by atoms with Gasteiger partial charge in [-0.2, -0.15) is 0 Å². The van der Waals surface area contributed by atoms with Gasteiger partial charge in [-0.15, -0.1) is 0 Å². The Kier molecular flexibility index (Phi) is 4.65. The lowest BCUT2D eigenvalue weighted by Crippen LogP contribution is -2.56. The van der Waals surface area contributed by atoms with Gasteiger partial charge in [-0.1, -0.05) is 12.1 Å². The summed E-state index contributed by atoms with van der Waals surface area (Å²) in [6.07, 6.45) is 1.94. The first kappa shape index (κ1) is 14.7. The summed E-state index contributed by atoms with van der Waals surface area (Å²) in [5, 5.41) is 4.03. The molecule has 7 nitrogen and oxygen atoms in total. The van der Waals surface area contributed by atoms with E-state index in [0.717, 1.165) is 11.3 Å². The number of carbonyl (C=O) groups excluding carboxylic acids is 3. The van der Waals surface area contributed by atoms with Crippen molar-refractivity contribution >= 4 is 24.1 Å². The van der Waals surface area contributed by atoms with Crippen LogP contribution in [0.5, 0.6) is 5.75 Å². The molecular formula is C14H15N3O4. The fourth-order valence-corrected chi connectivity index (χ4v) is 1.83. The van der Waals surface area contributed by atoms with E-state index in [4.69, 9.17) is 4.74 Å². The van der Waals surface area contributed by atoms with Gasteiger partial charge in [0.15, 0.2) is 5.92 Å². The summed E-state index contributed by atoms with van der Waals surface area (Å²) < 4.78 is 5.06. The van der Waals surface area contributed by atoms with Gasteiger partial charge in [0.1, 0.15) is 5.75 Å². The van der Waals surface area contributed by atoms with Crippen LogP contribution < -0.4 is 15.4 Å². The van der Waals surface area contributed by atoms with Crippen LogP contribution in [0.15, 0.2) is 29.3 Å². The van der Waals surface area contributed by atoms with Crippen LogP contribution in [0.1, 0.15) is 5.56 Å². The predicted molar refractivity (Wildman–Crippen MR) is 75.2 cm³/mol. The summed E-state index contributed by atoms with van der Waals surface area (Å²) in [5.41, 5.74) is 1.07. The second-order valence-electron chi connectivity index (χ2n) is 4.44. The molecule has 7 heteroatoms. The number of nitrogens with one attached hydrogen (secondary N) is 2.